The summed E-state index contributed by atoms with van der Waals surface area (Å²) in [5.41, 5.74) is 1.35. The Hall–Kier alpha value is -1.89. The van der Waals surface area contributed by atoms with Gasteiger partial charge >= 0.3 is 0 Å². The molecular formula is C13H10BrFN2O3. The van der Waals surface area contributed by atoms with E-state index in [9.17, 15) is 9.18 Å². The lowest BCUT2D eigenvalue weighted by molar-refractivity contribution is 0.0893. The molecule has 1 aliphatic heterocycles. The number of aromatic nitrogens is 1. The number of rotatable bonds is 2. The number of nitrogens with one attached hydrogen (secondary N) is 1. The van der Waals surface area contributed by atoms with Crippen LogP contribution in [0.3, 0.4) is 0 Å². The lowest BCUT2D eigenvalue weighted by atomic mass is 10.1. The number of hydrogen-bond donors (Lipinski definition) is 1. The third kappa shape index (κ3) is 2.29. The maximum Gasteiger partial charge on any atom is 0.290 e. The van der Waals surface area contributed by atoms with Gasteiger partial charge in [0.2, 0.25) is 5.76 Å². The number of fused-ring (bicyclic) bond motifs is 1. The quantitative estimate of drug-likeness (QED) is 0.912. The van der Waals surface area contributed by atoms with Crippen LogP contribution in [0.15, 0.2) is 27.2 Å². The van der Waals surface area contributed by atoms with Crippen molar-refractivity contribution in [2.45, 2.75) is 13.0 Å². The van der Waals surface area contributed by atoms with Crippen molar-refractivity contribution in [3.05, 3.63) is 45.5 Å². The van der Waals surface area contributed by atoms with Gasteiger partial charge in [-0.25, -0.2) is 4.39 Å². The minimum absolute atomic E-state index is 0.136. The Morgan fingerprint density at radius 2 is 2.30 bits per heavy atom. The number of halogens is 2. The molecule has 2 aromatic rings. The minimum Gasteiger partial charge on any atom is -0.491 e. The molecular weight excluding hydrogens is 331 g/mol. The van der Waals surface area contributed by atoms with Gasteiger partial charge in [0.1, 0.15) is 18.2 Å². The second kappa shape index (κ2) is 4.90. The first kappa shape index (κ1) is 13.1. The number of nitrogens with zero attached hydrogens (tertiary/aromatic N) is 1. The van der Waals surface area contributed by atoms with Gasteiger partial charge in [-0.1, -0.05) is 5.16 Å². The van der Waals surface area contributed by atoms with Crippen LogP contribution in [0.2, 0.25) is 0 Å². The Kier molecular flexibility index (Phi) is 3.21. The van der Waals surface area contributed by atoms with Gasteiger partial charge < -0.3 is 14.6 Å². The molecule has 1 N–H and O–H groups in total. The Balaban J connectivity index is 1.81. The highest BCUT2D eigenvalue weighted by molar-refractivity contribution is 9.10. The summed E-state index contributed by atoms with van der Waals surface area (Å²) in [5.74, 6) is -0.212. The number of benzene rings is 1. The van der Waals surface area contributed by atoms with E-state index in [0.717, 1.165) is 5.56 Å². The van der Waals surface area contributed by atoms with Gasteiger partial charge in [0.15, 0.2) is 0 Å². The fraction of sp³-hybridized carbons (Fsp3) is 0.231. The van der Waals surface area contributed by atoms with Gasteiger partial charge in [-0.05, 0) is 28.9 Å². The average Bonchev–Trinajstić information content (AvgIpc) is 2.98. The Labute approximate surface area is 122 Å². The zero-order valence-electron chi connectivity index (χ0n) is 10.4. The van der Waals surface area contributed by atoms with Crippen LogP contribution in [0.4, 0.5) is 4.39 Å². The summed E-state index contributed by atoms with van der Waals surface area (Å²) in [5, 5.41) is 6.43. The van der Waals surface area contributed by atoms with Gasteiger partial charge in [-0.2, -0.15) is 0 Å². The second-order valence-electron chi connectivity index (χ2n) is 4.47. The number of amides is 1. The normalized spacial score (nSPS) is 16.6. The van der Waals surface area contributed by atoms with E-state index in [-0.39, 0.29) is 24.3 Å². The highest BCUT2D eigenvalue weighted by Gasteiger charge is 2.28. The van der Waals surface area contributed by atoms with E-state index >= 15 is 0 Å². The SMILES string of the molecule is Cc1cc(C(=O)N[C@H]2COc3cc(F)c(Br)cc32)on1. The largest absolute Gasteiger partial charge is 0.491 e. The van der Waals surface area contributed by atoms with E-state index in [4.69, 9.17) is 9.26 Å². The van der Waals surface area contributed by atoms with E-state index in [1.54, 1.807) is 19.1 Å². The Bertz CT molecular complexity index is 686. The van der Waals surface area contributed by atoms with Crippen LogP contribution in [-0.2, 0) is 0 Å². The molecule has 1 aliphatic rings. The molecule has 1 aromatic heterocycles. The van der Waals surface area contributed by atoms with Crippen molar-refractivity contribution in [1.29, 1.82) is 0 Å². The van der Waals surface area contributed by atoms with Crippen molar-refractivity contribution in [2.75, 3.05) is 6.61 Å². The fourth-order valence-electron chi connectivity index (χ4n) is 2.02. The van der Waals surface area contributed by atoms with Crippen molar-refractivity contribution >= 4 is 21.8 Å². The third-order valence-corrected chi connectivity index (χ3v) is 3.60. The molecule has 0 spiro atoms. The summed E-state index contributed by atoms with van der Waals surface area (Å²) in [6, 6.07) is 4.10. The first-order valence-corrected chi connectivity index (χ1v) is 6.70. The van der Waals surface area contributed by atoms with Crippen LogP contribution in [0.5, 0.6) is 5.75 Å². The van der Waals surface area contributed by atoms with Crippen LogP contribution in [0.25, 0.3) is 0 Å². The molecule has 5 nitrogen and oxygen atoms in total. The predicted octanol–water partition coefficient (Wildman–Crippen LogP) is 2.75. The van der Waals surface area contributed by atoms with Crippen molar-refractivity contribution in [3.63, 3.8) is 0 Å². The molecule has 0 saturated carbocycles. The first-order chi connectivity index (χ1) is 9.54. The van der Waals surface area contributed by atoms with Crippen molar-refractivity contribution < 1.29 is 18.4 Å². The summed E-state index contributed by atoms with van der Waals surface area (Å²) < 4.78 is 24.0. The summed E-state index contributed by atoms with van der Waals surface area (Å²) in [4.78, 5) is 12.0. The fourth-order valence-corrected chi connectivity index (χ4v) is 2.38. The second-order valence-corrected chi connectivity index (χ2v) is 5.33. The van der Waals surface area contributed by atoms with E-state index in [2.05, 4.69) is 26.4 Å². The molecule has 3 rings (SSSR count). The highest BCUT2D eigenvalue weighted by atomic mass is 79.9. The van der Waals surface area contributed by atoms with Crippen LogP contribution in [0.1, 0.15) is 27.9 Å². The zero-order valence-corrected chi connectivity index (χ0v) is 12.0. The number of aryl methyl sites for hydroxylation is 1. The first-order valence-electron chi connectivity index (χ1n) is 5.90. The third-order valence-electron chi connectivity index (χ3n) is 2.99. The maximum absolute atomic E-state index is 13.4. The van der Waals surface area contributed by atoms with E-state index in [1.165, 1.54) is 6.07 Å². The minimum atomic E-state index is -0.401. The summed E-state index contributed by atoms with van der Waals surface area (Å²) in [6.45, 7) is 1.98. The van der Waals surface area contributed by atoms with Gasteiger partial charge in [-0.15, -0.1) is 0 Å². The summed E-state index contributed by atoms with van der Waals surface area (Å²) >= 11 is 3.12. The monoisotopic (exact) mass is 340 g/mol. The van der Waals surface area contributed by atoms with Crippen molar-refractivity contribution in [3.8, 4) is 5.75 Å². The van der Waals surface area contributed by atoms with Crippen LogP contribution in [0, 0.1) is 12.7 Å². The summed E-state index contributed by atoms with van der Waals surface area (Å²) in [6.07, 6.45) is 0. The summed E-state index contributed by atoms with van der Waals surface area (Å²) in [7, 11) is 0. The number of carbonyl (C=O) groups excluding carboxylic acids is 1. The van der Waals surface area contributed by atoms with Gasteiger partial charge in [0.25, 0.3) is 5.91 Å². The number of ether oxygens (including phenoxy) is 1. The maximum atomic E-state index is 13.4. The van der Waals surface area contributed by atoms with Gasteiger partial charge in [0.05, 0.1) is 16.2 Å². The highest BCUT2D eigenvalue weighted by Crippen LogP contribution is 2.36. The molecule has 0 saturated heterocycles. The molecule has 0 aliphatic carbocycles. The van der Waals surface area contributed by atoms with Crippen LogP contribution >= 0.6 is 15.9 Å². The van der Waals surface area contributed by atoms with Crippen molar-refractivity contribution in [2.24, 2.45) is 0 Å². The number of carbonyl (C=O) groups is 1. The molecule has 1 aromatic carbocycles. The molecule has 104 valence electrons. The molecule has 0 bridgehead atoms. The predicted molar refractivity (Wildman–Crippen MR) is 71.0 cm³/mol. The molecule has 0 fully saturated rings. The van der Waals surface area contributed by atoms with Crippen molar-refractivity contribution in [1.82, 2.24) is 10.5 Å². The topological polar surface area (TPSA) is 64.4 Å². The average molecular weight is 341 g/mol. The van der Waals surface area contributed by atoms with E-state index in [0.29, 0.717) is 15.9 Å². The lowest BCUT2D eigenvalue weighted by Crippen LogP contribution is -2.29. The molecule has 0 unspecified atom stereocenters. The van der Waals surface area contributed by atoms with E-state index < -0.39 is 5.82 Å². The molecule has 7 heteroatoms. The standard InChI is InChI=1S/C13H10BrFN2O3/c1-6-2-12(20-17-6)13(18)16-10-5-19-11-4-9(15)8(14)3-7(10)11/h2-4,10H,5H2,1H3,(H,16,18)/t10-/m0/s1. The Morgan fingerprint density at radius 3 is 3.00 bits per heavy atom. The Morgan fingerprint density at radius 1 is 1.50 bits per heavy atom. The molecule has 1 amide bonds. The molecule has 0 radical (unpaired) electrons. The molecule has 1 atom stereocenters. The lowest BCUT2D eigenvalue weighted by Gasteiger charge is -2.10. The van der Waals surface area contributed by atoms with Crippen LogP contribution < -0.4 is 10.1 Å². The molecule has 20 heavy (non-hydrogen) atoms. The molecule has 2 heterocycles. The zero-order chi connectivity index (χ0) is 14.3. The van der Waals surface area contributed by atoms with Gasteiger partial charge in [0, 0.05) is 17.7 Å². The smallest absolute Gasteiger partial charge is 0.290 e. The number of hydrogen-bond acceptors (Lipinski definition) is 4. The van der Waals surface area contributed by atoms with Crippen LogP contribution in [-0.4, -0.2) is 17.7 Å². The van der Waals surface area contributed by atoms with E-state index in [1.807, 2.05) is 0 Å². The van der Waals surface area contributed by atoms with Gasteiger partial charge in [-0.3, -0.25) is 4.79 Å².